The molecule has 0 saturated carbocycles. The molecular formula is C14H12ClF3N2. The number of hydrazine groups is 1. The van der Waals surface area contributed by atoms with Crippen molar-refractivity contribution in [2.45, 2.75) is 13.0 Å². The van der Waals surface area contributed by atoms with E-state index in [4.69, 9.17) is 17.4 Å². The van der Waals surface area contributed by atoms with Gasteiger partial charge >= 0.3 is 0 Å². The number of benzene rings is 2. The number of nitrogens with two attached hydrogens (primary N) is 1. The van der Waals surface area contributed by atoms with Crippen LogP contribution in [0.5, 0.6) is 0 Å². The van der Waals surface area contributed by atoms with Crippen LogP contribution < -0.4 is 11.3 Å². The summed E-state index contributed by atoms with van der Waals surface area (Å²) in [5.41, 5.74) is 3.18. The fourth-order valence-electron chi connectivity index (χ4n) is 2.08. The molecule has 0 fully saturated rings. The van der Waals surface area contributed by atoms with Crippen molar-refractivity contribution in [3.63, 3.8) is 0 Å². The van der Waals surface area contributed by atoms with Crippen molar-refractivity contribution in [3.8, 4) is 0 Å². The molecule has 20 heavy (non-hydrogen) atoms. The summed E-state index contributed by atoms with van der Waals surface area (Å²) < 4.78 is 40.7. The Balaban J connectivity index is 2.61. The van der Waals surface area contributed by atoms with E-state index in [1.54, 1.807) is 13.0 Å². The van der Waals surface area contributed by atoms with Crippen LogP contribution in [-0.4, -0.2) is 0 Å². The van der Waals surface area contributed by atoms with Crippen LogP contribution in [-0.2, 0) is 0 Å². The third-order valence-electron chi connectivity index (χ3n) is 2.93. The summed E-state index contributed by atoms with van der Waals surface area (Å²) in [6.07, 6.45) is 0. The fraction of sp³-hybridized carbons (Fsp3) is 0.143. The monoisotopic (exact) mass is 300 g/mol. The molecule has 3 N–H and O–H groups in total. The molecule has 0 saturated heterocycles. The number of rotatable bonds is 3. The molecule has 0 radical (unpaired) electrons. The van der Waals surface area contributed by atoms with Crippen LogP contribution in [0, 0.1) is 24.4 Å². The van der Waals surface area contributed by atoms with E-state index in [0.29, 0.717) is 11.1 Å². The largest absolute Gasteiger partial charge is 0.271 e. The zero-order chi connectivity index (χ0) is 14.9. The van der Waals surface area contributed by atoms with Crippen LogP contribution in [0.3, 0.4) is 0 Å². The molecule has 2 rings (SSSR count). The first-order valence-corrected chi connectivity index (χ1v) is 6.18. The van der Waals surface area contributed by atoms with Crippen molar-refractivity contribution < 1.29 is 13.2 Å². The molecule has 0 amide bonds. The molecule has 1 atom stereocenters. The third-order valence-corrected chi connectivity index (χ3v) is 3.26. The topological polar surface area (TPSA) is 38.0 Å². The van der Waals surface area contributed by atoms with Gasteiger partial charge in [0.15, 0.2) is 11.6 Å². The Labute approximate surface area is 119 Å². The number of nitrogens with one attached hydrogen (secondary N) is 1. The second-order valence-corrected chi connectivity index (χ2v) is 4.83. The van der Waals surface area contributed by atoms with Crippen molar-refractivity contribution in [2.24, 2.45) is 5.84 Å². The second kappa shape index (κ2) is 5.83. The Morgan fingerprint density at radius 1 is 1.15 bits per heavy atom. The average molecular weight is 301 g/mol. The van der Waals surface area contributed by atoms with Gasteiger partial charge in [0, 0.05) is 10.6 Å². The minimum Gasteiger partial charge on any atom is -0.271 e. The van der Waals surface area contributed by atoms with Crippen LogP contribution in [0.2, 0.25) is 5.02 Å². The maximum Gasteiger partial charge on any atom is 0.165 e. The SMILES string of the molecule is Cc1cc(F)cc(C(NN)c2c(Cl)ccc(F)c2F)c1. The smallest absolute Gasteiger partial charge is 0.165 e. The van der Waals surface area contributed by atoms with E-state index < -0.39 is 23.5 Å². The van der Waals surface area contributed by atoms with Crippen molar-refractivity contribution in [1.29, 1.82) is 0 Å². The highest BCUT2D eigenvalue weighted by molar-refractivity contribution is 6.31. The zero-order valence-corrected chi connectivity index (χ0v) is 11.3. The van der Waals surface area contributed by atoms with Gasteiger partial charge in [-0.2, -0.15) is 0 Å². The molecule has 2 aromatic rings. The number of hydrogen-bond donors (Lipinski definition) is 2. The molecule has 0 bridgehead atoms. The molecule has 0 spiro atoms. The van der Waals surface area contributed by atoms with E-state index in [1.807, 2.05) is 0 Å². The van der Waals surface area contributed by atoms with Crippen LogP contribution in [0.4, 0.5) is 13.2 Å². The van der Waals surface area contributed by atoms with Gasteiger partial charge in [-0.1, -0.05) is 17.7 Å². The molecule has 1 unspecified atom stereocenters. The summed E-state index contributed by atoms with van der Waals surface area (Å²) in [6.45, 7) is 1.68. The highest BCUT2D eigenvalue weighted by Gasteiger charge is 2.23. The lowest BCUT2D eigenvalue weighted by molar-refractivity contribution is 0.482. The standard InChI is InChI=1S/C14H12ClF3N2/c1-7-4-8(6-9(16)5-7)14(20-19)12-10(15)2-3-11(17)13(12)18/h2-6,14,20H,19H2,1H3. The Kier molecular flexibility index (Phi) is 4.32. The van der Waals surface area contributed by atoms with Crippen molar-refractivity contribution >= 4 is 11.6 Å². The fourth-order valence-corrected chi connectivity index (χ4v) is 2.34. The second-order valence-electron chi connectivity index (χ2n) is 4.42. The molecule has 106 valence electrons. The van der Waals surface area contributed by atoms with Crippen LogP contribution >= 0.6 is 11.6 Å². The van der Waals surface area contributed by atoms with E-state index in [2.05, 4.69) is 5.43 Å². The van der Waals surface area contributed by atoms with Crippen molar-refractivity contribution in [3.05, 3.63) is 69.5 Å². The molecule has 0 aromatic heterocycles. The predicted octanol–water partition coefficient (Wildman–Crippen LogP) is 3.62. The summed E-state index contributed by atoms with van der Waals surface area (Å²) in [4.78, 5) is 0. The highest BCUT2D eigenvalue weighted by Crippen LogP contribution is 2.32. The molecular weight excluding hydrogens is 289 g/mol. The Morgan fingerprint density at radius 3 is 2.45 bits per heavy atom. The number of halogens is 4. The van der Waals surface area contributed by atoms with E-state index in [0.717, 1.165) is 6.07 Å². The molecule has 6 heteroatoms. The van der Waals surface area contributed by atoms with Crippen LogP contribution in [0.25, 0.3) is 0 Å². The first-order chi connectivity index (χ1) is 9.43. The Bertz CT molecular complexity index is 626. The summed E-state index contributed by atoms with van der Waals surface area (Å²) in [6, 6.07) is 5.33. The van der Waals surface area contributed by atoms with Crippen LogP contribution in [0.15, 0.2) is 30.3 Å². The van der Waals surface area contributed by atoms with Crippen LogP contribution in [0.1, 0.15) is 22.7 Å². The van der Waals surface area contributed by atoms with Gasteiger partial charge in [0.05, 0.1) is 6.04 Å². The summed E-state index contributed by atoms with van der Waals surface area (Å²) >= 11 is 5.91. The number of hydrogen-bond acceptors (Lipinski definition) is 2. The van der Waals surface area contributed by atoms with E-state index in [-0.39, 0.29) is 10.6 Å². The summed E-state index contributed by atoms with van der Waals surface area (Å²) in [5, 5.41) is 0.00812. The molecule has 0 heterocycles. The first-order valence-electron chi connectivity index (χ1n) is 5.80. The molecule has 2 nitrogen and oxygen atoms in total. The van der Waals surface area contributed by atoms with Crippen molar-refractivity contribution in [1.82, 2.24) is 5.43 Å². The van der Waals surface area contributed by atoms with E-state index >= 15 is 0 Å². The summed E-state index contributed by atoms with van der Waals surface area (Å²) in [7, 11) is 0. The van der Waals surface area contributed by atoms with Gasteiger partial charge in [-0.3, -0.25) is 5.84 Å². The van der Waals surface area contributed by atoms with Gasteiger partial charge in [-0.05, 0) is 42.3 Å². The van der Waals surface area contributed by atoms with Gasteiger partial charge in [0.25, 0.3) is 0 Å². The zero-order valence-electron chi connectivity index (χ0n) is 10.6. The van der Waals surface area contributed by atoms with E-state index in [9.17, 15) is 13.2 Å². The molecule has 0 aliphatic heterocycles. The lowest BCUT2D eigenvalue weighted by Gasteiger charge is -2.19. The maximum atomic E-state index is 13.9. The van der Waals surface area contributed by atoms with Gasteiger partial charge in [0.1, 0.15) is 5.82 Å². The highest BCUT2D eigenvalue weighted by atomic mass is 35.5. The minimum absolute atomic E-state index is 0.00812. The van der Waals surface area contributed by atoms with Gasteiger partial charge in [0.2, 0.25) is 0 Å². The minimum atomic E-state index is -1.11. The lowest BCUT2D eigenvalue weighted by Crippen LogP contribution is -2.30. The van der Waals surface area contributed by atoms with Gasteiger partial charge in [-0.25, -0.2) is 18.6 Å². The molecule has 0 aliphatic rings. The summed E-state index contributed by atoms with van der Waals surface area (Å²) in [5.74, 6) is 2.76. The lowest BCUT2D eigenvalue weighted by atomic mass is 9.97. The van der Waals surface area contributed by atoms with Gasteiger partial charge in [-0.15, -0.1) is 0 Å². The molecule has 0 aliphatic carbocycles. The van der Waals surface area contributed by atoms with E-state index in [1.165, 1.54) is 18.2 Å². The predicted molar refractivity (Wildman–Crippen MR) is 71.7 cm³/mol. The quantitative estimate of drug-likeness (QED) is 0.516. The van der Waals surface area contributed by atoms with Gasteiger partial charge < -0.3 is 0 Å². The molecule has 2 aromatic carbocycles. The average Bonchev–Trinajstić information content (AvgIpc) is 2.38. The van der Waals surface area contributed by atoms with Crippen molar-refractivity contribution in [2.75, 3.05) is 0 Å². The Morgan fingerprint density at radius 2 is 1.85 bits per heavy atom. The maximum absolute atomic E-state index is 13.9. The first kappa shape index (κ1) is 14.8. The third kappa shape index (κ3) is 2.80. The normalized spacial score (nSPS) is 12.5. The number of aryl methyl sites for hydroxylation is 1. The Hall–Kier alpha value is -1.56.